The molecule has 4 heterocycles. The minimum atomic E-state index is -1.46. The summed E-state index contributed by atoms with van der Waals surface area (Å²) in [5, 5.41) is 36.6. The van der Waals surface area contributed by atoms with E-state index in [9.17, 15) is 48.3 Å². The molecule has 1 saturated heterocycles. The third-order valence-corrected chi connectivity index (χ3v) is 14.0. The first-order valence-corrected chi connectivity index (χ1v) is 26.9. The van der Waals surface area contributed by atoms with Crippen molar-refractivity contribution in [2.75, 3.05) is 18.8 Å². The van der Waals surface area contributed by atoms with Gasteiger partial charge in [-0.05, 0) is 67.7 Å². The van der Waals surface area contributed by atoms with E-state index in [-0.39, 0.29) is 88.5 Å². The number of nitrogens with one attached hydrogen (secondary N) is 9. The maximum absolute atomic E-state index is 14.9. The second-order valence-corrected chi connectivity index (χ2v) is 20.5. The molecule has 80 heavy (non-hydrogen) atoms. The molecule has 1 fully saturated rings. The van der Waals surface area contributed by atoms with Gasteiger partial charge in [-0.2, -0.15) is 12.6 Å². The smallest absolute Gasteiger partial charge is 0.327 e. The Balaban J connectivity index is 1.30. The van der Waals surface area contributed by atoms with Crippen LogP contribution in [-0.2, 0) is 62.4 Å². The summed E-state index contributed by atoms with van der Waals surface area (Å²) >= 11 is 4.06. The normalized spacial score (nSPS) is 15.9. The lowest BCUT2D eigenvalue weighted by Gasteiger charge is -2.31. The number of rotatable bonds is 30. The number of hydrogen-bond donors (Lipinski definition) is 15. The van der Waals surface area contributed by atoms with E-state index in [1.807, 2.05) is 56.3 Å². The highest BCUT2D eigenvalue weighted by atomic mass is 32.1. The Morgan fingerprint density at radius 2 is 1.26 bits per heavy atom. The number of hydrogen-bond acceptors (Lipinski definition) is 13. The molecule has 0 spiro atoms. The summed E-state index contributed by atoms with van der Waals surface area (Å²) in [6.45, 7) is 3.78. The minimum absolute atomic E-state index is 0.0317. The van der Waals surface area contributed by atoms with Gasteiger partial charge in [0.15, 0.2) is 5.96 Å². The monoisotopic (exact) mass is 1130 g/mol. The van der Waals surface area contributed by atoms with E-state index >= 15 is 0 Å². The number of aliphatic carboxylic acids is 2. The number of thiol groups is 1. The van der Waals surface area contributed by atoms with E-state index in [0.717, 1.165) is 21.8 Å². The number of aromatic amines is 3. The van der Waals surface area contributed by atoms with E-state index in [2.05, 4.69) is 69.5 Å². The Bertz CT molecular complexity index is 3010. The number of carboxylic acid groups (broad SMARTS) is 2. The number of carbonyl (C=O) groups excluding carboxylic acids is 7. The first-order valence-electron chi connectivity index (χ1n) is 26.3. The number of likely N-dealkylation sites (tertiary alicyclic amines) is 1. The summed E-state index contributed by atoms with van der Waals surface area (Å²) in [7, 11) is 0. The van der Waals surface area contributed by atoms with Crippen LogP contribution in [0.1, 0.15) is 75.6 Å². The van der Waals surface area contributed by atoms with Crippen molar-refractivity contribution in [2.24, 2.45) is 28.1 Å². The third-order valence-electron chi connectivity index (χ3n) is 13.6. The zero-order chi connectivity index (χ0) is 58.0. The molecule has 0 radical (unpaired) electrons. The number of imidazole rings is 1. The molecule has 7 amide bonds. The highest BCUT2D eigenvalue weighted by molar-refractivity contribution is 7.80. The Morgan fingerprint density at radius 1 is 0.713 bits per heavy atom. The van der Waals surface area contributed by atoms with Gasteiger partial charge in [0.2, 0.25) is 41.4 Å². The van der Waals surface area contributed by atoms with Crippen molar-refractivity contribution < 1.29 is 53.4 Å². The number of nitrogens with two attached hydrogens (primary N) is 3. The van der Waals surface area contributed by atoms with Crippen molar-refractivity contribution in [2.45, 2.75) is 126 Å². The minimum Gasteiger partial charge on any atom is -0.481 e. The summed E-state index contributed by atoms with van der Waals surface area (Å²) in [5.41, 5.74) is 20.4. The molecule has 1 aliphatic heterocycles. The van der Waals surface area contributed by atoms with Gasteiger partial charge in [0.25, 0.3) is 0 Å². The number of aliphatic imine (C=N–C) groups is 1. The first kappa shape index (κ1) is 60.8. The predicted octanol–water partition coefficient (Wildman–Crippen LogP) is -0.394. The highest BCUT2D eigenvalue weighted by Gasteiger charge is 2.40. The quantitative estimate of drug-likeness (QED) is 0.0120. The molecule has 8 atom stereocenters. The van der Waals surface area contributed by atoms with Gasteiger partial charge in [0, 0.05) is 90.6 Å². The Morgan fingerprint density at radius 3 is 1.82 bits per heavy atom. The lowest BCUT2D eigenvalue weighted by Crippen LogP contribution is -2.61. The lowest BCUT2D eigenvalue weighted by molar-refractivity contribution is -0.144. The maximum Gasteiger partial charge on any atom is 0.327 e. The van der Waals surface area contributed by atoms with Crippen LogP contribution in [0.15, 0.2) is 78.4 Å². The van der Waals surface area contributed by atoms with Crippen molar-refractivity contribution in [3.8, 4) is 0 Å². The molecule has 5 aromatic rings. The number of benzene rings is 2. The van der Waals surface area contributed by atoms with E-state index in [4.69, 9.17) is 22.3 Å². The number of fused-ring (bicyclic) bond motifs is 2. The largest absolute Gasteiger partial charge is 0.481 e. The van der Waals surface area contributed by atoms with Crippen LogP contribution in [0.25, 0.3) is 21.8 Å². The van der Waals surface area contributed by atoms with Gasteiger partial charge in [-0.3, -0.25) is 43.3 Å². The van der Waals surface area contributed by atoms with Crippen molar-refractivity contribution in [3.05, 3.63) is 90.3 Å². The topological polar surface area (TPSA) is 420 Å². The predicted molar refractivity (Wildman–Crippen MR) is 298 cm³/mol. The Kier molecular flexibility index (Phi) is 22.0. The average molecular weight is 1130 g/mol. The molecule has 0 bridgehead atoms. The molecule has 0 unspecified atom stereocenters. The summed E-state index contributed by atoms with van der Waals surface area (Å²) in [5.74, 6) is -8.44. The number of carbonyl (C=O) groups is 9. The molecular formula is C53H71N15O11S. The van der Waals surface area contributed by atoms with Gasteiger partial charge in [-0.15, -0.1) is 0 Å². The number of guanidine groups is 1. The zero-order valence-corrected chi connectivity index (χ0v) is 45.3. The standard InChI is InChI=1S/C53H71N15O11S/c1-28(2)19-38(63-45(71)34(54)15-16-44(69)70)47(73)64-39(20-29-23-59-35-11-5-3-9-32(29)35)48(74)65-40(22-31-25-57-27-61-31)49(75)62-37(13-7-17-58-53(55)56)46(72)66-41(21-30-24-60-36-12-6-4-10-33(30)36)51(77)68-18-8-14-43(68)50(76)67-42(26-80)52(78)79/h3-6,9-12,23-25,27-28,34,37-43,59-60,80H,7-8,13-22,26,54H2,1-2H3,(H,57,61)(H,62,75)(H,63,71)(H,64,73)(H,65,74)(H,66,72)(H,67,76)(H,69,70)(H,78,79)(H4,55,56,58)/t34-,37-,38-,39-,40-,41-,42-,43-/m0/s1. The molecule has 3 aromatic heterocycles. The van der Waals surface area contributed by atoms with Crippen molar-refractivity contribution >= 4 is 93.7 Å². The van der Waals surface area contributed by atoms with E-state index in [1.54, 1.807) is 18.5 Å². The fraction of sp³-hybridized carbons (Fsp3) is 0.453. The van der Waals surface area contributed by atoms with Crippen LogP contribution in [0.3, 0.4) is 0 Å². The number of para-hydroxylation sites is 2. The number of H-pyrrole nitrogens is 3. The summed E-state index contributed by atoms with van der Waals surface area (Å²) in [6.07, 6.45) is 5.96. The fourth-order valence-electron chi connectivity index (χ4n) is 9.49. The summed E-state index contributed by atoms with van der Waals surface area (Å²) in [4.78, 5) is 142. The van der Waals surface area contributed by atoms with Gasteiger partial charge in [-0.1, -0.05) is 50.2 Å². The Labute approximate surface area is 465 Å². The highest BCUT2D eigenvalue weighted by Crippen LogP contribution is 2.24. The second kappa shape index (κ2) is 29.0. The van der Waals surface area contributed by atoms with Crippen LogP contribution in [0.2, 0.25) is 0 Å². The van der Waals surface area contributed by atoms with Crippen LogP contribution < -0.4 is 49.1 Å². The molecule has 2 aromatic carbocycles. The Hall–Kier alpha value is -8.46. The van der Waals surface area contributed by atoms with Gasteiger partial charge in [-0.25, -0.2) is 9.78 Å². The van der Waals surface area contributed by atoms with Crippen molar-refractivity contribution in [1.29, 1.82) is 0 Å². The third kappa shape index (κ3) is 17.0. The van der Waals surface area contributed by atoms with Crippen LogP contribution in [-0.4, -0.2) is 161 Å². The van der Waals surface area contributed by atoms with Crippen LogP contribution in [0, 0.1) is 5.92 Å². The van der Waals surface area contributed by atoms with Gasteiger partial charge < -0.3 is 79.2 Å². The summed E-state index contributed by atoms with van der Waals surface area (Å²) in [6, 6.07) is 4.09. The molecule has 17 N–H and O–H groups in total. The first-order chi connectivity index (χ1) is 38.2. The lowest BCUT2D eigenvalue weighted by atomic mass is 9.99. The molecule has 6 rings (SSSR count). The number of nitrogens with zero attached hydrogens (tertiary/aromatic N) is 3. The van der Waals surface area contributed by atoms with E-state index < -0.39 is 102 Å². The zero-order valence-electron chi connectivity index (χ0n) is 44.4. The van der Waals surface area contributed by atoms with Gasteiger partial charge in [0.05, 0.1) is 12.4 Å². The number of aromatic nitrogens is 4. The van der Waals surface area contributed by atoms with Crippen LogP contribution >= 0.6 is 12.6 Å². The fourth-order valence-corrected chi connectivity index (χ4v) is 9.73. The van der Waals surface area contributed by atoms with Crippen LogP contribution in [0.5, 0.6) is 0 Å². The van der Waals surface area contributed by atoms with E-state index in [0.29, 0.717) is 23.2 Å². The average Bonchev–Trinajstić information content (AvgIpc) is 4.28. The molecule has 430 valence electrons. The second-order valence-electron chi connectivity index (χ2n) is 20.1. The molecule has 26 nitrogen and oxygen atoms in total. The molecule has 0 aliphatic carbocycles. The molecular weight excluding hydrogens is 1050 g/mol. The van der Waals surface area contributed by atoms with Crippen molar-refractivity contribution in [3.63, 3.8) is 0 Å². The number of carboxylic acids is 2. The van der Waals surface area contributed by atoms with Gasteiger partial charge >= 0.3 is 11.9 Å². The van der Waals surface area contributed by atoms with Crippen LogP contribution in [0.4, 0.5) is 0 Å². The van der Waals surface area contributed by atoms with E-state index in [1.165, 1.54) is 17.4 Å². The van der Waals surface area contributed by atoms with Crippen molar-refractivity contribution in [1.82, 2.24) is 56.7 Å². The SMILES string of the molecule is CC(C)C[C@H](NC(=O)[C@@H](N)CCC(=O)O)C(=O)N[C@@H](Cc1c[nH]c2ccccc12)C(=O)N[C@@H](Cc1cnc[nH]1)C(=O)N[C@@H](CCCN=C(N)N)C(=O)N[C@@H](Cc1c[nH]c2ccccc12)C(=O)N1CCC[C@H]1C(=O)N[C@@H](CS)C(=O)O. The maximum atomic E-state index is 14.9. The molecule has 27 heteroatoms. The summed E-state index contributed by atoms with van der Waals surface area (Å²) < 4.78 is 0. The number of amides is 7. The van der Waals surface area contributed by atoms with Gasteiger partial charge in [0.1, 0.15) is 42.3 Å². The molecule has 1 aliphatic rings. The molecule has 0 saturated carbocycles.